The van der Waals surface area contributed by atoms with E-state index >= 15 is 0 Å². The van der Waals surface area contributed by atoms with Gasteiger partial charge in [0.05, 0.1) is 0 Å². The van der Waals surface area contributed by atoms with Crippen LogP contribution in [0.2, 0.25) is 0 Å². The van der Waals surface area contributed by atoms with Gasteiger partial charge in [-0.15, -0.1) is 0 Å². The molecule has 0 aliphatic carbocycles. The summed E-state index contributed by atoms with van der Waals surface area (Å²) in [4.78, 5) is 37.8. The molecule has 0 aliphatic rings. The number of carbonyl (C=O) groups is 3. The maximum atomic E-state index is 12.7. The Labute approximate surface area is 355 Å². The second-order valence-corrected chi connectivity index (χ2v) is 17.9. The van der Waals surface area contributed by atoms with Crippen LogP contribution in [-0.2, 0) is 28.6 Å². The van der Waals surface area contributed by atoms with Crippen LogP contribution in [0.15, 0.2) is 0 Å². The smallest absolute Gasteiger partial charge is 0.306 e. The van der Waals surface area contributed by atoms with Gasteiger partial charge < -0.3 is 14.2 Å². The molecule has 0 heterocycles. The molecule has 6 heteroatoms. The first kappa shape index (κ1) is 55.4. The Bertz CT molecular complexity index is 857. The Morgan fingerprint density at radius 2 is 0.579 bits per heavy atom. The van der Waals surface area contributed by atoms with E-state index in [9.17, 15) is 14.4 Å². The van der Waals surface area contributed by atoms with Crippen LogP contribution in [0.5, 0.6) is 0 Å². The largest absolute Gasteiger partial charge is 0.462 e. The molecule has 0 aromatic rings. The highest BCUT2D eigenvalue weighted by atomic mass is 16.6. The summed E-state index contributed by atoms with van der Waals surface area (Å²) < 4.78 is 16.8. The molecule has 0 N–H and O–H groups in total. The van der Waals surface area contributed by atoms with Crippen LogP contribution < -0.4 is 0 Å². The zero-order valence-corrected chi connectivity index (χ0v) is 38.8. The fraction of sp³-hybridized carbons (Fsp3) is 0.941. The molecular formula is C51H98O6. The zero-order chi connectivity index (χ0) is 41.7. The Kier molecular flexibility index (Phi) is 44.2. The van der Waals surface area contributed by atoms with Gasteiger partial charge in [-0.25, -0.2) is 0 Å². The van der Waals surface area contributed by atoms with Crippen LogP contribution in [0.3, 0.4) is 0 Å². The first-order chi connectivity index (χ1) is 27.9. The number of rotatable bonds is 46. The Hall–Kier alpha value is -1.59. The van der Waals surface area contributed by atoms with Crippen molar-refractivity contribution in [2.45, 2.75) is 291 Å². The van der Waals surface area contributed by atoms with Crippen molar-refractivity contribution in [3.05, 3.63) is 0 Å². The summed E-state index contributed by atoms with van der Waals surface area (Å²) in [6, 6.07) is 0. The third kappa shape index (κ3) is 45.3. The van der Waals surface area contributed by atoms with Crippen LogP contribution in [0, 0.1) is 5.92 Å². The van der Waals surface area contributed by atoms with Gasteiger partial charge in [0.15, 0.2) is 6.10 Å². The number of ether oxygens (including phenoxy) is 3. The predicted octanol–water partition coefficient (Wildman–Crippen LogP) is 16.3. The molecule has 0 aliphatic heterocycles. The van der Waals surface area contributed by atoms with Crippen LogP contribution in [0.4, 0.5) is 0 Å². The van der Waals surface area contributed by atoms with E-state index in [4.69, 9.17) is 14.2 Å². The molecule has 0 radical (unpaired) electrons. The third-order valence-corrected chi connectivity index (χ3v) is 11.5. The molecule has 57 heavy (non-hydrogen) atoms. The van der Waals surface area contributed by atoms with Crippen molar-refractivity contribution in [1.29, 1.82) is 0 Å². The van der Waals surface area contributed by atoms with Gasteiger partial charge in [0.2, 0.25) is 0 Å². The number of carbonyl (C=O) groups excluding carboxylic acids is 3. The van der Waals surface area contributed by atoms with E-state index in [1.165, 1.54) is 180 Å². The molecule has 6 nitrogen and oxygen atoms in total. The van der Waals surface area contributed by atoms with Crippen LogP contribution in [0.1, 0.15) is 285 Å². The minimum absolute atomic E-state index is 0.0633. The number of hydrogen-bond donors (Lipinski definition) is 0. The maximum absolute atomic E-state index is 12.7. The molecule has 0 amide bonds. The quantitative estimate of drug-likeness (QED) is 0.0346. The second kappa shape index (κ2) is 45.5. The SMILES string of the molecule is CCCCCCCCCCCCCCCCCCCC(=O)OC[C@H](COC(=O)CCCCCCCCCCCC)OC(=O)CCCCCCCCCCCC(C)C. The van der Waals surface area contributed by atoms with Crippen molar-refractivity contribution in [2.24, 2.45) is 5.92 Å². The molecule has 0 aromatic heterocycles. The summed E-state index contributed by atoms with van der Waals surface area (Å²) >= 11 is 0. The van der Waals surface area contributed by atoms with Gasteiger partial charge in [-0.05, 0) is 25.2 Å². The van der Waals surface area contributed by atoms with E-state index in [0.717, 1.165) is 63.7 Å². The van der Waals surface area contributed by atoms with Crippen molar-refractivity contribution in [2.75, 3.05) is 13.2 Å². The summed E-state index contributed by atoms with van der Waals surface area (Å²) in [6.07, 6.45) is 46.6. The summed E-state index contributed by atoms with van der Waals surface area (Å²) in [5.74, 6) is -0.0429. The van der Waals surface area contributed by atoms with Gasteiger partial charge in [-0.2, -0.15) is 0 Å². The molecular weight excluding hydrogens is 709 g/mol. The highest BCUT2D eigenvalue weighted by Gasteiger charge is 2.19. The minimum Gasteiger partial charge on any atom is -0.462 e. The molecule has 0 unspecified atom stereocenters. The average molecular weight is 807 g/mol. The minimum atomic E-state index is -0.760. The molecule has 0 aromatic carbocycles. The summed E-state index contributed by atoms with van der Waals surface area (Å²) in [7, 11) is 0. The lowest BCUT2D eigenvalue weighted by Gasteiger charge is -2.18. The van der Waals surface area contributed by atoms with Gasteiger partial charge in [-0.1, -0.05) is 246 Å². The number of unbranched alkanes of at least 4 members (excludes halogenated alkanes) is 33. The highest BCUT2D eigenvalue weighted by Crippen LogP contribution is 2.17. The van der Waals surface area contributed by atoms with E-state index in [-0.39, 0.29) is 31.1 Å². The molecule has 0 rings (SSSR count). The maximum Gasteiger partial charge on any atom is 0.306 e. The fourth-order valence-electron chi connectivity index (χ4n) is 7.69. The highest BCUT2D eigenvalue weighted by molar-refractivity contribution is 5.71. The predicted molar refractivity (Wildman–Crippen MR) is 243 cm³/mol. The van der Waals surface area contributed by atoms with Gasteiger partial charge >= 0.3 is 17.9 Å². The van der Waals surface area contributed by atoms with E-state index in [1.54, 1.807) is 0 Å². The first-order valence-corrected chi connectivity index (χ1v) is 25.4. The third-order valence-electron chi connectivity index (χ3n) is 11.5. The Balaban J connectivity index is 4.26. The van der Waals surface area contributed by atoms with Crippen molar-refractivity contribution in [3.63, 3.8) is 0 Å². The monoisotopic (exact) mass is 807 g/mol. The topological polar surface area (TPSA) is 78.9 Å². The molecule has 0 fully saturated rings. The van der Waals surface area contributed by atoms with Crippen molar-refractivity contribution >= 4 is 17.9 Å². The Morgan fingerprint density at radius 1 is 0.333 bits per heavy atom. The summed E-state index contributed by atoms with van der Waals surface area (Å²) in [5.41, 5.74) is 0. The second-order valence-electron chi connectivity index (χ2n) is 17.9. The lowest BCUT2D eigenvalue weighted by Crippen LogP contribution is -2.30. The van der Waals surface area contributed by atoms with E-state index in [0.29, 0.717) is 19.3 Å². The zero-order valence-electron chi connectivity index (χ0n) is 38.8. The van der Waals surface area contributed by atoms with Crippen molar-refractivity contribution in [3.8, 4) is 0 Å². The summed E-state index contributed by atoms with van der Waals surface area (Å²) in [5, 5.41) is 0. The fourth-order valence-corrected chi connectivity index (χ4v) is 7.69. The van der Waals surface area contributed by atoms with E-state index in [1.807, 2.05) is 0 Å². The molecule has 0 saturated heterocycles. The van der Waals surface area contributed by atoms with Crippen molar-refractivity contribution < 1.29 is 28.6 Å². The van der Waals surface area contributed by atoms with Gasteiger partial charge in [0.1, 0.15) is 13.2 Å². The molecule has 0 spiro atoms. The standard InChI is InChI=1S/C51H98O6/c1-5-7-9-11-13-15-17-18-19-20-21-22-23-27-31-35-39-43-50(53)56-46-48(45-55-49(52)42-38-34-30-26-16-14-12-10-8-6-2)57-51(54)44-40-36-32-28-24-25-29-33-37-41-47(3)4/h47-48H,5-46H2,1-4H3/t48-/m0/s1. The lowest BCUT2D eigenvalue weighted by atomic mass is 10.0. The molecule has 0 saturated carbocycles. The van der Waals surface area contributed by atoms with Gasteiger partial charge in [-0.3, -0.25) is 14.4 Å². The van der Waals surface area contributed by atoms with Crippen LogP contribution >= 0.6 is 0 Å². The van der Waals surface area contributed by atoms with Crippen LogP contribution in [0.25, 0.3) is 0 Å². The Morgan fingerprint density at radius 3 is 0.860 bits per heavy atom. The van der Waals surface area contributed by atoms with E-state index < -0.39 is 6.10 Å². The first-order valence-electron chi connectivity index (χ1n) is 25.4. The normalized spacial score (nSPS) is 11.9. The average Bonchev–Trinajstić information content (AvgIpc) is 3.19. The van der Waals surface area contributed by atoms with Gasteiger partial charge in [0.25, 0.3) is 0 Å². The van der Waals surface area contributed by atoms with Crippen LogP contribution in [-0.4, -0.2) is 37.2 Å². The summed E-state index contributed by atoms with van der Waals surface area (Å²) in [6.45, 7) is 8.99. The number of esters is 3. The van der Waals surface area contributed by atoms with Crippen molar-refractivity contribution in [1.82, 2.24) is 0 Å². The number of hydrogen-bond acceptors (Lipinski definition) is 6. The molecule has 0 bridgehead atoms. The van der Waals surface area contributed by atoms with Gasteiger partial charge in [0, 0.05) is 19.3 Å². The molecule has 1 atom stereocenters. The lowest BCUT2D eigenvalue weighted by molar-refractivity contribution is -0.167. The van der Waals surface area contributed by atoms with E-state index in [2.05, 4.69) is 27.7 Å². The molecule has 338 valence electrons.